The van der Waals surface area contributed by atoms with Crippen molar-refractivity contribution < 1.29 is 4.74 Å². The molecular weight excluding hydrogens is 228 g/mol. The van der Waals surface area contributed by atoms with Crippen LogP contribution in [-0.2, 0) is 0 Å². The summed E-state index contributed by atoms with van der Waals surface area (Å²) in [5, 5.41) is 9.00. The van der Waals surface area contributed by atoms with E-state index in [0.717, 1.165) is 0 Å². The Morgan fingerprint density at radius 3 is 2.67 bits per heavy atom. The van der Waals surface area contributed by atoms with Crippen molar-refractivity contribution in [3.8, 4) is 17.5 Å². The van der Waals surface area contributed by atoms with E-state index in [4.69, 9.17) is 10.00 Å². The van der Waals surface area contributed by atoms with Crippen LogP contribution < -0.4 is 10.3 Å². The van der Waals surface area contributed by atoms with Crippen LogP contribution in [0.4, 0.5) is 0 Å². The van der Waals surface area contributed by atoms with Crippen molar-refractivity contribution in [2.45, 2.75) is 6.92 Å². The lowest BCUT2D eigenvalue weighted by Gasteiger charge is -2.11. The summed E-state index contributed by atoms with van der Waals surface area (Å²) < 4.78 is 6.64. The molecule has 0 saturated carbocycles. The van der Waals surface area contributed by atoms with E-state index in [0.29, 0.717) is 17.0 Å². The maximum Gasteiger partial charge on any atom is 0.273 e. The van der Waals surface area contributed by atoms with Crippen molar-refractivity contribution in [2.24, 2.45) is 0 Å². The lowest BCUT2D eigenvalue weighted by molar-refractivity contribution is 0.412. The Morgan fingerprint density at radius 1 is 1.28 bits per heavy atom. The first kappa shape index (κ1) is 11.9. The van der Waals surface area contributed by atoms with E-state index in [1.165, 1.54) is 4.57 Å². The summed E-state index contributed by atoms with van der Waals surface area (Å²) in [7, 11) is 1.54. The fraction of sp³-hybridized carbons (Fsp3) is 0.143. The number of nitriles is 1. The van der Waals surface area contributed by atoms with Crippen molar-refractivity contribution in [2.75, 3.05) is 7.11 Å². The second-order valence-electron chi connectivity index (χ2n) is 3.83. The van der Waals surface area contributed by atoms with Crippen LogP contribution in [0.25, 0.3) is 5.69 Å². The molecular formula is C14H12N2O2. The number of aryl methyl sites for hydroxylation is 1. The number of hydrogen-bond donors (Lipinski definition) is 0. The van der Waals surface area contributed by atoms with Crippen molar-refractivity contribution in [1.82, 2.24) is 4.57 Å². The molecule has 2 rings (SSSR count). The molecule has 0 aliphatic heterocycles. The molecule has 90 valence electrons. The molecule has 0 aliphatic carbocycles. The van der Waals surface area contributed by atoms with Crippen molar-refractivity contribution in [3.05, 3.63) is 58.0 Å². The molecule has 0 fully saturated rings. The Labute approximate surface area is 105 Å². The molecule has 0 atom stereocenters. The van der Waals surface area contributed by atoms with Gasteiger partial charge in [0.15, 0.2) is 0 Å². The smallest absolute Gasteiger partial charge is 0.273 e. The third kappa shape index (κ3) is 1.87. The highest BCUT2D eigenvalue weighted by Gasteiger charge is 2.10. The molecule has 18 heavy (non-hydrogen) atoms. The van der Waals surface area contributed by atoms with Crippen LogP contribution in [0, 0.1) is 18.3 Å². The Morgan fingerprint density at radius 2 is 2.00 bits per heavy atom. The third-order valence-corrected chi connectivity index (χ3v) is 2.76. The van der Waals surface area contributed by atoms with Gasteiger partial charge in [-0.05, 0) is 30.7 Å². The first-order chi connectivity index (χ1) is 8.69. The zero-order valence-electron chi connectivity index (χ0n) is 10.2. The van der Waals surface area contributed by atoms with Gasteiger partial charge in [-0.15, -0.1) is 0 Å². The van der Waals surface area contributed by atoms with E-state index in [1.54, 1.807) is 38.4 Å². The number of ether oxygens (including phenoxy) is 1. The zero-order chi connectivity index (χ0) is 13.1. The van der Waals surface area contributed by atoms with E-state index >= 15 is 0 Å². The van der Waals surface area contributed by atoms with Gasteiger partial charge in [-0.1, -0.05) is 12.1 Å². The number of benzene rings is 1. The summed E-state index contributed by atoms with van der Waals surface area (Å²) in [6, 6.07) is 10.9. The highest BCUT2D eigenvalue weighted by molar-refractivity contribution is 5.48. The van der Waals surface area contributed by atoms with E-state index < -0.39 is 0 Å². The average molecular weight is 240 g/mol. The second kappa shape index (κ2) is 4.76. The fourth-order valence-corrected chi connectivity index (χ4v) is 1.78. The first-order valence-electron chi connectivity index (χ1n) is 5.44. The summed E-state index contributed by atoms with van der Waals surface area (Å²) in [4.78, 5) is 12.2. The van der Waals surface area contributed by atoms with Crippen LogP contribution in [0.3, 0.4) is 0 Å². The number of hydrogen-bond acceptors (Lipinski definition) is 3. The van der Waals surface area contributed by atoms with Crippen LogP contribution in [0.2, 0.25) is 0 Å². The second-order valence-corrected chi connectivity index (χ2v) is 3.83. The maximum absolute atomic E-state index is 12.2. The number of aromatic nitrogens is 1. The Kier molecular flexibility index (Phi) is 3.16. The van der Waals surface area contributed by atoms with Crippen LogP contribution >= 0.6 is 0 Å². The molecule has 0 amide bonds. The minimum Gasteiger partial charge on any atom is -0.495 e. The Balaban J connectivity index is 2.74. The zero-order valence-corrected chi connectivity index (χ0v) is 10.2. The van der Waals surface area contributed by atoms with E-state index in [9.17, 15) is 4.79 Å². The first-order valence-corrected chi connectivity index (χ1v) is 5.44. The van der Waals surface area contributed by atoms with Gasteiger partial charge in [-0.25, -0.2) is 0 Å². The van der Waals surface area contributed by atoms with Gasteiger partial charge in [0.1, 0.15) is 17.4 Å². The van der Waals surface area contributed by atoms with Gasteiger partial charge in [0, 0.05) is 6.20 Å². The van der Waals surface area contributed by atoms with Crippen LogP contribution in [0.1, 0.15) is 11.1 Å². The summed E-state index contributed by atoms with van der Waals surface area (Å²) in [6.45, 7) is 1.74. The summed E-state index contributed by atoms with van der Waals surface area (Å²) in [5.74, 6) is 0.590. The number of para-hydroxylation sites is 2. The molecule has 0 N–H and O–H groups in total. The number of pyridine rings is 1. The quantitative estimate of drug-likeness (QED) is 0.807. The summed E-state index contributed by atoms with van der Waals surface area (Å²) in [5.41, 5.74) is 1.13. The molecule has 4 nitrogen and oxygen atoms in total. The molecule has 2 aromatic rings. The number of methoxy groups -OCH3 is 1. The van der Waals surface area contributed by atoms with Gasteiger partial charge in [-0.2, -0.15) is 5.26 Å². The topological polar surface area (TPSA) is 55.0 Å². The molecule has 4 heteroatoms. The molecule has 1 aromatic heterocycles. The van der Waals surface area contributed by atoms with Gasteiger partial charge in [0.25, 0.3) is 5.56 Å². The summed E-state index contributed by atoms with van der Waals surface area (Å²) >= 11 is 0. The lowest BCUT2D eigenvalue weighted by Crippen LogP contribution is -2.21. The number of nitrogens with zero attached hydrogens (tertiary/aromatic N) is 2. The van der Waals surface area contributed by atoms with E-state index in [1.807, 2.05) is 18.2 Å². The molecule has 1 heterocycles. The molecule has 0 bridgehead atoms. The number of rotatable bonds is 2. The predicted octanol–water partition coefficient (Wildman–Crippen LogP) is 2.03. The van der Waals surface area contributed by atoms with Crippen LogP contribution in [-0.4, -0.2) is 11.7 Å². The molecule has 0 aliphatic rings. The van der Waals surface area contributed by atoms with Crippen LogP contribution in [0.15, 0.2) is 41.3 Å². The Bertz CT molecular complexity index is 681. The third-order valence-electron chi connectivity index (χ3n) is 2.76. The lowest BCUT2D eigenvalue weighted by atomic mass is 10.1. The minimum atomic E-state index is -0.331. The Hall–Kier alpha value is -2.54. The molecule has 0 saturated heterocycles. The van der Waals surface area contributed by atoms with Crippen molar-refractivity contribution in [3.63, 3.8) is 0 Å². The molecule has 0 unspecified atom stereocenters. The summed E-state index contributed by atoms with van der Waals surface area (Å²) in [6.07, 6.45) is 1.65. The fourth-order valence-electron chi connectivity index (χ4n) is 1.78. The van der Waals surface area contributed by atoms with Crippen LogP contribution in [0.5, 0.6) is 5.75 Å². The van der Waals surface area contributed by atoms with Gasteiger partial charge in [0.05, 0.1) is 12.8 Å². The molecule has 0 radical (unpaired) electrons. The van der Waals surface area contributed by atoms with Gasteiger partial charge < -0.3 is 4.74 Å². The molecule has 1 aromatic carbocycles. The minimum absolute atomic E-state index is 0.156. The SMILES string of the molecule is COc1ccccc1-n1ccc(C)c(C#N)c1=O. The highest BCUT2D eigenvalue weighted by atomic mass is 16.5. The normalized spacial score (nSPS) is 9.83. The monoisotopic (exact) mass is 240 g/mol. The van der Waals surface area contributed by atoms with E-state index in [2.05, 4.69) is 0 Å². The van der Waals surface area contributed by atoms with Crippen molar-refractivity contribution >= 4 is 0 Å². The van der Waals surface area contributed by atoms with Gasteiger partial charge >= 0.3 is 0 Å². The van der Waals surface area contributed by atoms with Gasteiger partial charge in [0.2, 0.25) is 0 Å². The highest BCUT2D eigenvalue weighted by Crippen LogP contribution is 2.20. The van der Waals surface area contributed by atoms with Gasteiger partial charge in [-0.3, -0.25) is 9.36 Å². The average Bonchev–Trinajstić information content (AvgIpc) is 2.39. The molecule has 0 spiro atoms. The maximum atomic E-state index is 12.2. The largest absolute Gasteiger partial charge is 0.495 e. The van der Waals surface area contributed by atoms with Crippen molar-refractivity contribution in [1.29, 1.82) is 5.26 Å². The predicted molar refractivity (Wildman–Crippen MR) is 68.0 cm³/mol. The standard InChI is InChI=1S/C14H12N2O2/c1-10-7-8-16(14(17)11(10)9-15)12-5-3-4-6-13(12)18-2/h3-8H,1-2H3. The van der Waals surface area contributed by atoms with E-state index in [-0.39, 0.29) is 11.1 Å².